The summed E-state index contributed by atoms with van der Waals surface area (Å²) in [5.74, 6) is 0.865. The summed E-state index contributed by atoms with van der Waals surface area (Å²) in [6.07, 6.45) is 8.61. The third kappa shape index (κ3) is 5.63. The quantitative estimate of drug-likeness (QED) is 0.657. The summed E-state index contributed by atoms with van der Waals surface area (Å²) in [6, 6.07) is 9.57. The molecular formula is C25H39N3O2. The Morgan fingerprint density at radius 1 is 1.07 bits per heavy atom. The van der Waals surface area contributed by atoms with Crippen molar-refractivity contribution in [3.05, 3.63) is 35.4 Å². The highest BCUT2D eigenvalue weighted by molar-refractivity contribution is 5.78. The summed E-state index contributed by atoms with van der Waals surface area (Å²) in [7, 11) is 1.73. The lowest BCUT2D eigenvalue weighted by atomic mass is 9.95. The molecular weight excluding hydrogens is 374 g/mol. The molecule has 30 heavy (non-hydrogen) atoms. The van der Waals surface area contributed by atoms with E-state index in [0.717, 1.165) is 26.2 Å². The summed E-state index contributed by atoms with van der Waals surface area (Å²) in [5, 5.41) is 0. The number of carbonyl (C=O) groups is 1. The number of benzene rings is 1. The normalized spacial score (nSPS) is 23.4. The Labute approximate surface area is 182 Å². The van der Waals surface area contributed by atoms with Gasteiger partial charge in [-0.05, 0) is 75.2 Å². The van der Waals surface area contributed by atoms with E-state index in [-0.39, 0.29) is 0 Å². The van der Waals surface area contributed by atoms with Gasteiger partial charge < -0.3 is 9.64 Å². The molecule has 0 saturated carbocycles. The van der Waals surface area contributed by atoms with Gasteiger partial charge in [0, 0.05) is 32.8 Å². The molecule has 2 aliphatic heterocycles. The number of nitrogens with zero attached hydrogens (tertiary/aromatic N) is 3. The first-order valence-corrected chi connectivity index (χ1v) is 12.0. The number of ether oxygens (including phenoxy) is 1. The van der Waals surface area contributed by atoms with Crippen molar-refractivity contribution in [3.63, 3.8) is 0 Å². The summed E-state index contributed by atoms with van der Waals surface area (Å²) in [6.45, 7) is 7.28. The molecule has 1 aliphatic carbocycles. The second-order valence-electron chi connectivity index (χ2n) is 9.50. The molecule has 166 valence electrons. The van der Waals surface area contributed by atoms with Gasteiger partial charge in [-0.1, -0.05) is 30.7 Å². The molecule has 1 amide bonds. The second-order valence-corrected chi connectivity index (χ2v) is 9.50. The number of likely N-dealkylation sites (tertiary alicyclic amines) is 2. The zero-order valence-corrected chi connectivity index (χ0v) is 18.7. The Hall–Kier alpha value is -1.43. The minimum atomic E-state index is 0.291. The van der Waals surface area contributed by atoms with Gasteiger partial charge >= 0.3 is 0 Å². The van der Waals surface area contributed by atoms with E-state index < -0.39 is 0 Å². The van der Waals surface area contributed by atoms with Crippen LogP contribution in [0.15, 0.2) is 24.3 Å². The van der Waals surface area contributed by atoms with E-state index in [4.69, 9.17) is 4.74 Å². The number of carbonyl (C=O) groups excluding carboxylic acids is 1. The van der Waals surface area contributed by atoms with E-state index in [9.17, 15) is 4.79 Å². The molecule has 5 nitrogen and oxygen atoms in total. The Morgan fingerprint density at radius 3 is 2.50 bits per heavy atom. The molecule has 0 unspecified atom stereocenters. The predicted octanol–water partition coefficient (Wildman–Crippen LogP) is 2.83. The molecule has 0 aromatic heterocycles. The molecule has 4 rings (SSSR count). The minimum absolute atomic E-state index is 0.291. The molecule has 0 N–H and O–H groups in total. The van der Waals surface area contributed by atoms with Gasteiger partial charge in [-0.3, -0.25) is 14.6 Å². The highest BCUT2D eigenvalue weighted by atomic mass is 16.5. The SMILES string of the molecule is COCCN(C[C@H]1CCCN(C2Cc3ccccc3C2)C1)C(=O)CN1CCCCC1. The Kier molecular flexibility index (Phi) is 7.80. The number of amides is 1. The molecule has 0 radical (unpaired) electrons. The predicted molar refractivity (Wildman–Crippen MR) is 121 cm³/mol. The standard InChI is InChI=1S/C25H39N3O2/c1-30-15-14-28(25(29)20-26-11-5-2-6-12-26)19-21-8-7-13-27(18-21)24-16-22-9-3-4-10-23(22)17-24/h3-4,9-10,21,24H,2,5-8,11-20H2,1H3/t21-/m0/s1. The first-order chi connectivity index (χ1) is 14.7. The molecule has 1 atom stereocenters. The van der Waals surface area contributed by atoms with Crippen LogP contribution in [0.2, 0.25) is 0 Å². The zero-order valence-electron chi connectivity index (χ0n) is 18.7. The number of hydrogen-bond acceptors (Lipinski definition) is 4. The lowest BCUT2D eigenvalue weighted by Gasteiger charge is -2.39. The Bertz CT molecular complexity index is 664. The maximum atomic E-state index is 13.1. The van der Waals surface area contributed by atoms with Crippen LogP contribution in [0.3, 0.4) is 0 Å². The highest BCUT2D eigenvalue weighted by Crippen LogP contribution is 2.29. The van der Waals surface area contributed by atoms with E-state index in [1.165, 1.54) is 62.6 Å². The van der Waals surface area contributed by atoms with E-state index in [1.807, 2.05) is 0 Å². The van der Waals surface area contributed by atoms with Crippen molar-refractivity contribution in [3.8, 4) is 0 Å². The monoisotopic (exact) mass is 413 g/mol. The van der Waals surface area contributed by atoms with Gasteiger partial charge in [0.1, 0.15) is 0 Å². The Balaban J connectivity index is 1.32. The van der Waals surface area contributed by atoms with E-state index in [1.54, 1.807) is 7.11 Å². The molecule has 5 heteroatoms. The van der Waals surface area contributed by atoms with Crippen LogP contribution < -0.4 is 0 Å². The molecule has 2 heterocycles. The second kappa shape index (κ2) is 10.7. The van der Waals surface area contributed by atoms with E-state index >= 15 is 0 Å². The van der Waals surface area contributed by atoms with Crippen molar-refractivity contribution in [1.82, 2.24) is 14.7 Å². The van der Waals surface area contributed by atoms with Crippen LogP contribution >= 0.6 is 0 Å². The maximum absolute atomic E-state index is 13.1. The van der Waals surface area contributed by atoms with Gasteiger partial charge in [-0.15, -0.1) is 0 Å². The third-order valence-corrected chi connectivity index (χ3v) is 7.30. The first-order valence-electron chi connectivity index (χ1n) is 12.0. The van der Waals surface area contributed by atoms with Crippen LogP contribution in [-0.2, 0) is 22.4 Å². The average molecular weight is 414 g/mol. The number of hydrogen-bond donors (Lipinski definition) is 0. The third-order valence-electron chi connectivity index (χ3n) is 7.30. The van der Waals surface area contributed by atoms with Crippen molar-refractivity contribution in [2.45, 2.75) is 51.0 Å². The van der Waals surface area contributed by atoms with Gasteiger partial charge in [-0.25, -0.2) is 0 Å². The molecule has 0 spiro atoms. The van der Waals surface area contributed by atoms with Gasteiger partial charge in [0.05, 0.1) is 13.2 Å². The highest BCUT2D eigenvalue weighted by Gasteiger charge is 2.31. The fourth-order valence-corrected chi connectivity index (χ4v) is 5.61. The molecule has 1 aromatic carbocycles. The molecule has 3 aliphatic rings. The van der Waals surface area contributed by atoms with E-state index in [2.05, 4.69) is 39.0 Å². The lowest BCUT2D eigenvalue weighted by Crippen LogP contribution is -2.49. The van der Waals surface area contributed by atoms with Crippen LogP contribution in [0.1, 0.15) is 43.2 Å². The van der Waals surface area contributed by atoms with Crippen LogP contribution in [0, 0.1) is 5.92 Å². The zero-order chi connectivity index (χ0) is 20.8. The smallest absolute Gasteiger partial charge is 0.236 e. The van der Waals surface area contributed by atoms with Gasteiger partial charge in [0.2, 0.25) is 5.91 Å². The fourth-order valence-electron chi connectivity index (χ4n) is 5.61. The van der Waals surface area contributed by atoms with Gasteiger partial charge in [-0.2, -0.15) is 0 Å². The molecule has 2 saturated heterocycles. The summed E-state index contributed by atoms with van der Waals surface area (Å²) in [4.78, 5) is 20.2. The molecule has 0 bridgehead atoms. The molecule has 2 fully saturated rings. The fraction of sp³-hybridized carbons (Fsp3) is 0.720. The maximum Gasteiger partial charge on any atom is 0.236 e. The van der Waals surface area contributed by atoms with Crippen molar-refractivity contribution in [1.29, 1.82) is 0 Å². The Morgan fingerprint density at radius 2 is 1.80 bits per heavy atom. The van der Waals surface area contributed by atoms with Crippen LogP contribution in [-0.4, -0.2) is 86.2 Å². The number of rotatable bonds is 8. The molecule has 1 aromatic rings. The summed E-state index contributed by atoms with van der Waals surface area (Å²) >= 11 is 0. The van der Waals surface area contributed by atoms with Crippen LogP contribution in [0.25, 0.3) is 0 Å². The van der Waals surface area contributed by atoms with Crippen molar-refractivity contribution in [2.75, 3.05) is 59.5 Å². The van der Waals surface area contributed by atoms with Crippen LogP contribution in [0.5, 0.6) is 0 Å². The first kappa shape index (κ1) is 21.8. The summed E-state index contributed by atoms with van der Waals surface area (Å²) < 4.78 is 5.32. The van der Waals surface area contributed by atoms with Gasteiger partial charge in [0.25, 0.3) is 0 Å². The topological polar surface area (TPSA) is 36.0 Å². The number of piperidine rings is 2. The summed E-state index contributed by atoms with van der Waals surface area (Å²) in [5.41, 5.74) is 3.06. The van der Waals surface area contributed by atoms with Crippen molar-refractivity contribution in [2.24, 2.45) is 5.92 Å². The average Bonchev–Trinajstić information content (AvgIpc) is 3.22. The number of methoxy groups -OCH3 is 1. The lowest BCUT2D eigenvalue weighted by molar-refractivity contribution is -0.134. The van der Waals surface area contributed by atoms with Crippen molar-refractivity contribution < 1.29 is 9.53 Å². The largest absolute Gasteiger partial charge is 0.383 e. The van der Waals surface area contributed by atoms with Gasteiger partial charge in [0.15, 0.2) is 0 Å². The van der Waals surface area contributed by atoms with E-state index in [0.29, 0.717) is 37.6 Å². The van der Waals surface area contributed by atoms with Crippen LogP contribution in [0.4, 0.5) is 0 Å². The minimum Gasteiger partial charge on any atom is -0.383 e. The number of fused-ring (bicyclic) bond motifs is 1. The van der Waals surface area contributed by atoms with Crippen molar-refractivity contribution >= 4 is 5.91 Å².